The molecule has 54 heavy (non-hydrogen) atoms. The topological polar surface area (TPSA) is 414 Å². The maximum absolute atomic E-state index is 12.8. The van der Waals surface area contributed by atoms with Gasteiger partial charge in [0, 0.05) is 13.3 Å². The van der Waals surface area contributed by atoms with Crippen molar-refractivity contribution in [3.05, 3.63) is 0 Å². The van der Waals surface area contributed by atoms with Crippen LogP contribution in [0.2, 0.25) is 0 Å². The average Bonchev–Trinajstić information content (AvgIpc) is 3.38. The molecule has 4 fully saturated rings. The summed E-state index contributed by atoms with van der Waals surface area (Å²) in [5.41, 5.74) is 0. The molecule has 25 nitrogen and oxygen atoms in total. The van der Waals surface area contributed by atoms with Crippen molar-refractivity contribution in [1.82, 2.24) is 5.32 Å². The molecule has 4 saturated heterocycles. The van der Waals surface area contributed by atoms with E-state index in [1.807, 2.05) is 0 Å². The summed E-state index contributed by atoms with van der Waals surface area (Å²) in [5.74, 6) is -8.43. The second-order valence-corrected chi connectivity index (χ2v) is 13.4. The van der Waals surface area contributed by atoms with Gasteiger partial charge in [0.2, 0.25) is 11.7 Å². The van der Waals surface area contributed by atoms with Crippen molar-refractivity contribution in [2.45, 2.75) is 135 Å². The number of carbonyl (C=O) groups is 2. The van der Waals surface area contributed by atoms with E-state index in [0.29, 0.717) is 0 Å². The summed E-state index contributed by atoms with van der Waals surface area (Å²) in [6, 6.07) is -1.60. The van der Waals surface area contributed by atoms with Crippen LogP contribution in [-0.4, -0.2) is 243 Å². The average molecular weight is 796 g/mol. The molecule has 314 valence electrons. The first-order valence-corrected chi connectivity index (χ1v) is 16.7. The van der Waals surface area contributed by atoms with E-state index < -0.39 is 173 Å². The molecule has 25 heteroatoms. The molecule has 0 aromatic rings. The van der Waals surface area contributed by atoms with Crippen molar-refractivity contribution in [3.63, 3.8) is 0 Å². The fourth-order valence-corrected chi connectivity index (χ4v) is 6.59. The van der Waals surface area contributed by atoms with Crippen LogP contribution in [0.3, 0.4) is 0 Å². The van der Waals surface area contributed by atoms with Gasteiger partial charge in [0.15, 0.2) is 12.6 Å². The van der Waals surface area contributed by atoms with Crippen molar-refractivity contribution >= 4 is 11.9 Å². The van der Waals surface area contributed by atoms with Crippen molar-refractivity contribution < 1.29 is 119 Å². The van der Waals surface area contributed by atoms with E-state index in [1.165, 1.54) is 0 Å². The molecule has 20 atom stereocenters. The predicted octanol–water partition coefficient (Wildman–Crippen LogP) is -10.4. The number of rotatable bonds is 15. The number of carboxylic acids is 1. The zero-order chi connectivity index (χ0) is 40.4. The Kier molecular flexibility index (Phi) is 15.0. The van der Waals surface area contributed by atoms with Crippen LogP contribution in [0, 0.1) is 0 Å². The number of aliphatic hydroxyl groups excluding tert-OH is 14. The number of carboxylic acid groups (broad SMARTS) is 1. The summed E-state index contributed by atoms with van der Waals surface area (Å²) in [6.07, 6.45) is -34.6. The van der Waals surface area contributed by atoms with Gasteiger partial charge in [-0.15, -0.1) is 0 Å². The second kappa shape index (κ2) is 18.1. The number of ether oxygens (including phenoxy) is 7. The van der Waals surface area contributed by atoms with Crippen LogP contribution >= 0.6 is 0 Å². The molecular formula is C29H49NO24. The van der Waals surface area contributed by atoms with Crippen LogP contribution in [0.15, 0.2) is 0 Å². The highest BCUT2D eigenvalue weighted by Gasteiger charge is 2.61. The number of hydrogen-bond acceptors (Lipinski definition) is 23. The molecule has 0 unspecified atom stereocenters. The minimum absolute atomic E-state index is 0.785. The summed E-state index contributed by atoms with van der Waals surface area (Å²) in [4.78, 5) is 24.6. The van der Waals surface area contributed by atoms with Gasteiger partial charge in [-0.2, -0.15) is 0 Å². The largest absolute Gasteiger partial charge is 0.477 e. The summed E-state index contributed by atoms with van der Waals surface area (Å²) in [6.45, 7) is -4.01. The normalized spacial score (nSPS) is 46.9. The lowest BCUT2D eigenvalue weighted by atomic mass is 9.88. The highest BCUT2D eigenvalue weighted by molar-refractivity contribution is 5.76. The number of amides is 1. The monoisotopic (exact) mass is 795 g/mol. The van der Waals surface area contributed by atoms with Crippen LogP contribution in [0.25, 0.3) is 0 Å². The standard InChI is InChI=1S/C29H49NO24/c1-8(35)30-14-9(36)2-28(27(46)47,52-22(14)15(38)10(37)3-31)53-23-20(43)16(39)11(4-32)49-26(23)48-6-13-17(40)19(42)21(44)25(50-13)54-29(7-34)24(45)18(41)12(5-33)51-29/h9-26,31-34,36-45H,2-7H2,1H3,(H,30,35)(H,46,47)/t9-,10+,11+,12+,13+,14+,15-,16-,17+,18+,19-,20-,21+,22+,23+,24-,25+,26-,28-,29-/m0/s1. The first-order chi connectivity index (χ1) is 25.3. The lowest BCUT2D eigenvalue weighted by Gasteiger charge is -2.50. The first-order valence-electron chi connectivity index (χ1n) is 16.7. The third-order valence-corrected chi connectivity index (χ3v) is 9.65. The second-order valence-electron chi connectivity index (χ2n) is 13.4. The molecule has 0 aromatic heterocycles. The molecule has 1 amide bonds. The maximum Gasteiger partial charge on any atom is 0.364 e. The van der Waals surface area contributed by atoms with E-state index in [1.54, 1.807) is 0 Å². The number of hydrogen-bond donors (Lipinski definition) is 16. The molecule has 16 N–H and O–H groups in total. The molecule has 0 saturated carbocycles. The Morgan fingerprint density at radius 1 is 0.778 bits per heavy atom. The van der Waals surface area contributed by atoms with Crippen molar-refractivity contribution in [2.24, 2.45) is 0 Å². The minimum Gasteiger partial charge on any atom is -0.477 e. The van der Waals surface area contributed by atoms with Crippen molar-refractivity contribution in [1.29, 1.82) is 0 Å². The van der Waals surface area contributed by atoms with Crippen LogP contribution in [0.1, 0.15) is 13.3 Å². The lowest BCUT2D eigenvalue weighted by Crippen LogP contribution is -2.70. The Labute approximate surface area is 305 Å². The van der Waals surface area contributed by atoms with E-state index in [2.05, 4.69) is 5.32 Å². The highest BCUT2D eigenvalue weighted by atomic mass is 16.8. The van der Waals surface area contributed by atoms with E-state index in [-0.39, 0.29) is 0 Å². The van der Waals surface area contributed by atoms with Crippen molar-refractivity contribution in [3.8, 4) is 0 Å². The van der Waals surface area contributed by atoms with Crippen LogP contribution < -0.4 is 5.32 Å². The van der Waals surface area contributed by atoms with Gasteiger partial charge < -0.3 is 115 Å². The fraction of sp³-hybridized carbons (Fsp3) is 0.931. The molecule has 4 aliphatic rings. The highest BCUT2D eigenvalue weighted by Crippen LogP contribution is 2.39. The van der Waals surface area contributed by atoms with Gasteiger partial charge in [0.1, 0.15) is 92.1 Å². The Hall–Kier alpha value is -1.90. The summed E-state index contributed by atoms with van der Waals surface area (Å²) in [5, 5.41) is 157. The van der Waals surface area contributed by atoms with Gasteiger partial charge in [0.25, 0.3) is 5.79 Å². The number of nitrogens with one attached hydrogen (secondary N) is 1. The Bertz CT molecular complexity index is 1250. The molecule has 4 rings (SSSR count). The summed E-state index contributed by atoms with van der Waals surface area (Å²) >= 11 is 0. The minimum atomic E-state index is -3.10. The SMILES string of the molecule is CC(=O)N[C@H]1[C@H]([C@@H](O)[C@H](O)CO)O[C@@](O[C@H]2[C@@H](OC[C@H]3O[C@H](O[C@]4(CO)O[C@H](CO)[C@@H](O)[C@@H]4O)[C@H](O)[C@@H](O)[C@@H]3O)O[C@H](CO)[C@H](O)[C@@H]2O)(C(=O)O)C[C@@H]1O. The summed E-state index contributed by atoms with van der Waals surface area (Å²) < 4.78 is 38.6. The number of carbonyl (C=O) groups excluding carboxylic acids is 1. The molecule has 0 spiro atoms. The van der Waals surface area contributed by atoms with Gasteiger partial charge in [-0.3, -0.25) is 4.79 Å². The first kappa shape index (κ1) is 44.8. The zero-order valence-corrected chi connectivity index (χ0v) is 28.5. The van der Waals surface area contributed by atoms with Gasteiger partial charge in [0.05, 0.1) is 38.6 Å². The van der Waals surface area contributed by atoms with Gasteiger partial charge in [-0.05, 0) is 0 Å². The molecule has 4 aliphatic heterocycles. The molecule has 0 radical (unpaired) electrons. The zero-order valence-electron chi connectivity index (χ0n) is 28.5. The van der Waals surface area contributed by atoms with E-state index >= 15 is 0 Å². The Balaban J connectivity index is 1.60. The third kappa shape index (κ3) is 8.81. The van der Waals surface area contributed by atoms with Crippen LogP contribution in [-0.2, 0) is 42.7 Å². The molecular weight excluding hydrogens is 746 g/mol. The predicted molar refractivity (Wildman–Crippen MR) is 163 cm³/mol. The quantitative estimate of drug-likeness (QED) is 0.0731. The van der Waals surface area contributed by atoms with Crippen LogP contribution in [0.4, 0.5) is 0 Å². The fourth-order valence-electron chi connectivity index (χ4n) is 6.59. The van der Waals surface area contributed by atoms with E-state index in [4.69, 9.17) is 33.2 Å². The van der Waals surface area contributed by atoms with Gasteiger partial charge in [-0.25, -0.2) is 4.79 Å². The smallest absolute Gasteiger partial charge is 0.364 e. The third-order valence-electron chi connectivity index (χ3n) is 9.65. The van der Waals surface area contributed by atoms with Gasteiger partial charge in [-0.1, -0.05) is 0 Å². The van der Waals surface area contributed by atoms with E-state index in [0.717, 1.165) is 6.92 Å². The number of aliphatic hydroxyl groups is 14. The van der Waals surface area contributed by atoms with Gasteiger partial charge >= 0.3 is 5.97 Å². The van der Waals surface area contributed by atoms with E-state index in [9.17, 15) is 86.2 Å². The molecule has 0 aliphatic carbocycles. The summed E-state index contributed by atoms with van der Waals surface area (Å²) in [7, 11) is 0. The van der Waals surface area contributed by atoms with Crippen LogP contribution in [0.5, 0.6) is 0 Å². The molecule has 0 aromatic carbocycles. The maximum atomic E-state index is 12.8. The Morgan fingerprint density at radius 3 is 1.93 bits per heavy atom. The van der Waals surface area contributed by atoms with Crippen molar-refractivity contribution in [2.75, 3.05) is 33.0 Å². The lowest BCUT2D eigenvalue weighted by molar-refractivity contribution is -0.395. The molecule has 4 heterocycles. The number of aliphatic carboxylic acids is 1. The molecule has 0 bridgehead atoms. The Morgan fingerprint density at radius 2 is 1.39 bits per heavy atom.